The van der Waals surface area contributed by atoms with E-state index in [-0.39, 0.29) is 0 Å². The number of hydrogen-bond donors (Lipinski definition) is 2. The zero-order chi connectivity index (χ0) is 9.68. The van der Waals surface area contributed by atoms with Crippen LogP contribution < -0.4 is 0 Å². The first-order chi connectivity index (χ1) is 6.24. The molecule has 3 nitrogen and oxygen atoms in total. The van der Waals surface area contributed by atoms with Crippen LogP contribution in [-0.2, 0) is 4.74 Å². The highest BCUT2D eigenvalue weighted by atomic mass is 16.5. The molecule has 0 spiro atoms. The van der Waals surface area contributed by atoms with E-state index in [9.17, 15) is 10.2 Å². The summed E-state index contributed by atoms with van der Waals surface area (Å²) in [6.45, 7) is 3.50. The third-order valence-electron chi connectivity index (χ3n) is 2.78. The quantitative estimate of drug-likeness (QED) is 0.690. The van der Waals surface area contributed by atoms with Gasteiger partial charge in [0.25, 0.3) is 0 Å². The van der Waals surface area contributed by atoms with Crippen LogP contribution in [0.4, 0.5) is 0 Å². The van der Waals surface area contributed by atoms with Crippen molar-refractivity contribution in [3.63, 3.8) is 0 Å². The lowest BCUT2D eigenvalue weighted by atomic mass is 9.91. The summed E-state index contributed by atoms with van der Waals surface area (Å²) in [6.07, 6.45) is 2.29. The predicted octanol–water partition coefficient (Wildman–Crippen LogP) is 0.935. The lowest BCUT2D eigenvalue weighted by Crippen LogP contribution is -2.29. The number of rotatable bonds is 4. The molecule has 0 aromatic carbocycles. The Kier molecular flexibility index (Phi) is 4.70. The van der Waals surface area contributed by atoms with Gasteiger partial charge < -0.3 is 14.9 Å². The molecular formula is C10H20O3. The Morgan fingerprint density at radius 1 is 1.23 bits per heavy atom. The zero-order valence-corrected chi connectivity index (χ0v) is 8.28. The third kappa shape index (κ3) is 3.63. The van der Waals surface area contributed by atoms with E-state index >= 15 is 0 Å². The molecule has 0 aromatic heterocycles. The molecule has 0 saturated carbocycles. The van der Waals surface area contributed by atoms with Gasteiger partial charge in [-0.05, 0) is 31.6 Å². The predicted molar refractivity (Wildman–Crippen MR) is 50.5 cm³/mol. The second-order valence-electron chi connectivity index (χ2n) is 3.83. The molecule has 2 atom stereocenters. The second-order valence-corrected chi connectivity index (χ2v) is 3.83. The molecular weight excluding hydrogens is 168 g/mol. The van der Waals surface area contributed by atoms with Crippen molar-refractivity contribution in [2.24, 2.45) is 5.92 Å². The van der Waals surface area contributed by atoms with Crippen LogP contribution in [0.5, 0.6) is 0 Å². The van der Waals surface area contributed by atoms with E-state index in [2.05, 4.69) is 0 Å². The first-order valence-corrected chi connectivity index (χ1v) is 5.18. The van der Waals surface area contributed by atoms with Crippen LogP contribution in [0.2, 0.25) is 0 Å². The van der Waals surface area contributed by atoms with Gasteiger partial charge in [0.15, 0.2) is 0 Å². The van der Waals surface area contributed by atoms with Gasteiger partial charge in [-0.15, -0.1) is 0 Å². The Morgan fingerprint density at radius 2 is 1.85 bits per heavy atom. The van der Waals surface area contributed by atoms with E-state index in [1.54, 1.807) is 0 Å². The molecule has 0 aromatic rings. The molecule has 13 heavy (non-hydrogen) atoms. The van der Waals surface area contributed by atoms with E-state index < -0.39 is 12.2 Å². The van der Waals surface area contributed by atoms with Crippen LogP contribution in [-0.4, -0.2) is 35.6 Å². The summed E-state index contributed by atoms with van der Waals surface area (Å²) in [4.78, 5) is 0. The Balaban J connectivity index is 2.21. The van der Waals surface area contributed by atoms with Crippen molar-refractivity contribution in [2.45, 2.75) is 44.8 Å². The average molecular weight is 188 g/mol. The Labute approximate surface area is 79.7 Å². The molecule has 3 heteroatoms. The minimum atomic E-state index is -0.553. The standard InChI is InChI=1S/C10H20O3/c1-2-9(11)10(12)7-8-3-5-13-6-4-8/h8-12H,2-7H2,1H3. The summed E-state index contributed by atoms with van der Waals surface area (Å²) >= 11 is 0. The molecule has 1 aliphatic heterocycles. The fourth-order valence-electron chi connectivity index (χ4n) is 1.75. The molecule has 0 aliphatic carbocycles. The van der Waals surface area contributed by atoms with Gasteiger partial charge in [-0.1, -0.05) is 6.92 Å². The minimum Gasteiger partial charge on any atom is -0.390 e. The van der Waals surface area contributed by atoms with Crippen LogP contribution in [0, 0.1) is 5.92 Å². The number of aliphatic hydroxyl groups excluding tert-OH is 2. The fourth-order valence-corrected chi connectivity index (χ4v) is 1.75. The van der Waals surface area contributed by atoms with Gasteiger partial charge in [0.05, 0.1) is 12.2 Å². The van der Waals surface area contributed by atoms with Gasteiger partial charge in [-0.25, -0.2) is 0 Å². The second kappa shape index (κ2) is 5.58. The van der Waals surface area contributed by atoms with Crippen molar-refractivity contribution >= 4 is 0 Å². The topological polar surface area (TPSA) is 49.7 Å². The SMILES string of the molecule is CCC(O)C(O)CC1CCOCC1. The summed E-state index contributed by atoms with van der Waals surface area (Å²) < 4.78 is 5.22. The maximum absolute atomic E-state index is 9.58. The summed E-state index contributed by atoms with van der Waals surface area (Å²) in [5, 5.41) is 19.0. The molecule has 1 heterocycles. The molecule has 1 fully saturated rings. The largest absolute Gasteiger partial charge is 0.390 e. The smallest absolute Gasteiger partial charge is 0.0801 e. The Morgan fingerprint density at radius 3 is 2.38 bits per heavy atom. The van der Waals surface area contributed by atoms with Gasteiger partial charge in [-0.3, -0.25) is 0 Å². The van der Waals surface area contributed by atoms with Gasteiger partial charge in [-0.2, -0.15) is 0 Å². The Hall–Kier alpha value is -0.120. The molecule has 1 rings (SSSR count). The average Bonchev–Trinajstić information content (AvgIpc) is 2.18. The number of hydrogen-bond acceptors (Lipinski definition) is 3. The van der Waals surface area contributed by atoms with Crippen molar-refractivity contribution < 1.29 is 14.9 Å². The van der Waals surface area contributed by atoms with Crippen LogP contribution in [0.25, 0.3) is 0 Å². The highest BCUT2D eigenvalue weighted by Gasteiger charge is 2.21. The van der Waals surface area contributed by atoms with Crippen molar-refractivity contribution in [3.8, 4) is 0 Å². The lowest BCUT2D eigenvalue weighted by molar-refractivity contribution is -0.0137. The third-order valence-corrected chi connectivity index (χ3v) is 2.78. The molecule has 78 valence electrons. The highest BCUT2D eigenvalue weighted by Crippen LogP contribution is 2.21. The number of aliphatic hydroxyl groups is 2. The lowest BCUT2D eigenvalue weighted by Gasteiger charge is -2.26. The van der Waals surface area contributed by atoms with Crippen molar-refractivity contribution in [1.29, 1.82) is 0 Å². The molecule has 0 radical (unpaired) electrons. The summed E-state index contributed by atoms with van der Waals surface area (Å²) in [5.74, 6) is 0.532. The molecule has 0 amide bonds. The van der Waals surface area contributed by atoms with Crippen LogP contribution in [0.3, 0.4) is 0 Å². The van der Waals surface area contributed by atoms with Crippen molar-refractivity contribution in [1.82, 2.24) is 0 Å². The van der Waals surface area contributed by atoms with Crippen molar-refractivity contribution in [3.05, 3.63) is 0 Å². The van der Waals surface area contributed by atoms with E-state index in [0.717, 1.165) is 32.5 Å². The van der Waals surface area contributed by atoms with Gasteiger partial charge in [0.2, 0.25) is 0 Å². The van der Waals surface area contributed by atoms with Crippen LogP contribution >= 0.6 is 0 Å². The van der Waals surface area contributed by atoms with E-state index in [1.165, 1.54) is 0 Å². The molecule has 2 unspecified atom stereocenters. The number of ether oxygens (including phenoxy) is 1. The van der Waals surface area contributed by atoms with Crippen LogP contribution in [0.1, 0.15) is 32.6 Å². The summed E-state index contributed by atoms with van der Waals surface area (Å²) in [7, 11) is 0. The van der Waals surface area contributed by atoms with Gasteiger partial charge in [0, 0.05) is 13.2 Å². The molecule has 0 bridgehead atoms. The maximum atomic E-state index is 9.58. The summed E-state index contributed by atoms with van der Waals surface area (Å²) in [6, 6.07) is 0. The normalized spacial score (nSPS) is 24.2. The van der Waals surface area contributed by atoms with E-state index in [1.807, 2.05) is 6.92 Å². The first kappa shape index (κ1) is 11.0. The maximum Gasteiger partial charge on any atom is 0.0801 e. The fraction of sp³-hybridized carbons (Fsp3) is 1.00. The van der Waals surface area contributed by atoms with Gasteiger partial charge >= 0.3 is 0 Å². The minimum absolute atomic E-state index is 0.532. The van der Waals surface area contributed by atoms with Gasteiger partial charge in [0.1, 0.15) is 0 Å². The molecule has 1 saturated heterocycles. The monoisotopic (exact) mass is 188 g/mol. The zero-order valence-electron chi connectivity index (χ0n) is 8.28. The van der Waals surface area contributed by atoms with Crippen LogP contribution in [0.15, 0.2) is 0 Å². The van der Waals surface area contributed by atoms with Crippen molar-refractivity contribution in [2.75, 3.05) is 13.2 Å². The van der Waals surface area contributed by atoms with E-state index in [4.69, 9.17) is 4.74 Å². The molecule has 1 aliphatic rings. The van der Waals surface area contributed by atoms with E-state index in [0.29, 0.717) is 12.3 Å². The summed E-state index contributed by atoms with van der Waals surface area (Å²) in [5.41, 5.74) is 0. The first-order valence-electron chi connectivity index (χ1n) is 5.18. The highest BCUT2D eigenvalue weighted by molar-refractivity contribution is 4.72. The molecule has 2 N–H and O–H groups in total. The Bertz CT molecular complexity index is 132.